The van der Waals surface area contributed by atoms with Gasteiger partial charge in [0.15, 0.2) is 15.7 Å². The quantitative estimate of drug-likeness (QED) is 0.857. The maximum absolute atomic E-state index is 12.1. The number of rotatable bonds is 4. The van der Waals surface area contributed by atoms with Gasteiger partial charge in [0.25, 0.3) is 0 Å². The lowest BCUT2D eigenvalue weighted by Gasteiger charge is -2.35. The van der Waals surface area contributed by atoms with Gasteiger partial charge in [-0.2, -0.15) is 4.37 Å². The molecular formula is C11H19N3O3S2. The van der Waals surface area contributed by atoms with Crippen LogP contribution < -0.4 is 10.6 Å². The third-order valence-corrected chi connectivity index (χ3v) is 6.26. The summed E-state index contributed by atoms with van der Waals surface area (Å²) >= 11 is 1.10. The molecule has 1 aliphatic rings. The molecule has 1 fully saturated rings. The first-order valence-corrected chi connectivity index (χ1v) is 8.79. The normalized spacial score (nSPS) is 20.7. The molecule has 0 amide bonds. The Labute approximate surface area is 117 Å². The van der Waals surface area contributed by atoms with E-state index in [1.165, 1.54) is 0 Å². The Bertz CT molecular complexity index is 541. The van der Waals surface area contributed by atoms with E-state index >= 15 is 0 Å². The highest BCUT2D eigenvalue weighted by Gasteiger charge is 2.31. The van der Waals surface area contributed by atoms with Gasteiger partial charge in [0, 0.05) is 6.54 Å². The second kappa shape index (κ2) is 5.64. The van der Waals surface area contributed by atoms with Crippen molar-refractivity contribution in [3.8, 4) is 0 Å². The third kappa shape index (κ3) is 2.70. The second-order valence-electron chi connectivity index (χ2n) is 4.63. The molecule has 2 rings (SSSR count). The van der Waals surface area contributed by atoms with Crippen LogP contribution in [0.4, 0.5) is 10.8 Å². The zero-order valence-corrected chi connectivity index (χ0v) is 12.5. The minimum Gasteiger partial charge on any atom is -0.394 e. The average Bonchev–Trinajstić information content (AvgIpc) is 2.81. The summed E-state index contributed by atoms with van der Waals surface area (Å²) in [6, 6.07) is -0.0422. The summed E-state index contributed by atoms with van der Waals surface area (Å²) in [5.41, 5.74) is 5.73. The van der Waals surface area contributed by atoms with Gasteiger partial charge in [0.2, 0.25) is 0 Å². The minimum absolute atomic E-state index is 0.000243. The van der Waals surface area contributed by atoms with Crippen molar-refractivity contribution in [3.63, 3.8) is 0 Å². The highest BCUT2D eigenvalue weighted by molar-refractivity contribution is 7.91. The van der Waals surface area contributed by atoms with Crippen molar-refractivity contribution >= 4 is 32.2 Å². The fraction of sp³-hybridized carbons (Fsp3) is 0.727. The van der Waals surface area contributed by atoms with E-state index in [2.05, 4.69) is 4.37 Å². The second-order valence-corrected chi connectivity index (χ2v) is 7.60. The lowest BCUT2D eigenvalue weighted by molar-refractivity contribution is 0.240. The van der Waals surface area contributed by atoms with Crippen LogP contribution in [0.25, 0.3) is 0 Å². The third-order valence-electron chi connectivity index (χ3n) is 3.45. The standard InChI is InChI=1S/C11H19N3O3S2/c1-2-19(16,17)9-10(12)13-18-11(9)14-6-4-3-5-8(14)7-15/h8,15H,2-7H2,1H3,(H2,12,13). The molecule has 8 heteroatoms. The van der Waals surface area contributed by atoms with Gasteiger partial charge in [-0.05, 0) is 30.8 Å². The van der Waals surface area contributed by atoms with Crippen LogP contribution in [0.15, 0.2) is 4.90 Å². The number of aromatic nitrogens is 1. The predicted octanol–water partition coefficient (Wildman–Crippen LogP) is 0.870. The van der Waals surface area contributed by atoms with Crippen LogP contribution >= 0.6 is 11.5 Å². The van der Waals surface area contributed by atoms with Gasteiger partial charge in [-0.1, -0.05) is 6.92 Å². The zero-order chi connectivity index (χ0) is 14.0. The summed E-state index contributed by atoms with van der Waals surface area (Å²) in [6.07, 6.45) is 2.89. The molecule has 19 heavy (non-hydrogen) atoms. The molecule has 1 saturated heterocycles. The smallest absolute Gasteiger partial charge is 0.184 e. The van der Waals surface area contributed by atoms with Crippen molar-refractivity contribution in [2.24, 2.45) is 0 Å². The molecule has 0 aromatic carbocycles. The number of piperidine rings is 1. The van der Waals surface area contributed by atoms with Crippen LogP contribution in [-0.2, 0) is 9.84 Å². The first kappa shape index (κ1) is 14.5. The lowest BCUT2D eigenvalue weighted by Crippen LogP contribution is -2.42. The molecule has 0 radical (unpaired) electrons. The Kier molecular flexibility index (Phi) is 4.32. The fourth-order valence-electron chi connectivity index (χ4n) is 2.36. The molecular weight excluding hydrogens is 286 g/mol. The molecule has 0 aliphatic carbocycles. The summed E-state index contributed by atoms with van der Waals surface area (Å²) in [6.45, 7) is 2.35. The van der Waals surface area contributed by atoms with E-state index < -0.39 is 9.84 Å². The van der Waals surface area contributed by atoms with E-state index in [4.69, 9.17) is 5.73 Å². The van der Waals surface area contributed by atoms with Gasteiger partial charge in [-0.3, -0.25) is 0 Å². The SMILES string of the molecule is CCS(=O)(=O)c1c(N)nsc1N1CCCCC1CO. The maximum Gasteiger partial charge on any atom is 0.184 e. The van der Waals surface area contributed by atoms with E-state index in [1.807, 2.05) is 4.90 Å². The number of aliphatic hydroxyl groups is 1. The Balaban J connectivity index is 2.45. The van der Waals surface area contributed by atoms with E-state index in [-0.39, 0.29) is 29.1 Å². The summed E-state index contributed by atoms with van der Waals surface area (Å²) in [4.78, 5) is 2.08. The van der Waals surface area contributed by atoms with Crippen molar-refractivity contribution in [1.29, 1.82) is 0 Å². The molecule has 6 nitrogen and oxygen atoms in total. The van der Waals surface area contributed by atoms with Gasteiger partial charge in [-0.15, -0.1) is 0 Å². The number of nitrogens with two attached hydrogens (primary N) is 1. The molecule has 0 spiro atoms. The van der Waals surface area contributed by atoms with Crippen LogP contribution in [0, 0.1) is 0 Å². The van der Waals surface area contributed by atoms with Crippen LogP contribution in [0.1, 0.15) is 26.2 Å². The molecule has 1 atom stereocenters. The van der Waals surface area contributed by atoms with E-state index in [1.54, 1.807) is 6.92 Å². The highest BCUT2D eigenvalue weighted by atomic mass is 32.2. The van der Waals surface area contributed by atoms with E-state index in [9.17, 15) is 13.5 Å². The molecule has 0 saturated carbocycles. The fourth-order valence-corrected chi connectivity index (χ4v) is 4.76. The first-order valence-electron chi connectivity index (χ1n) is 6.36. The minimum atomic E-state index is -3.40. The lowest BCUT2D eigenvalue weighted by atomic mass is 10.0. The summed E-state index contributed by atoms with van der Waals surface area (Å²) in [5, 5.41) is 10.0. The Hall–Kier alpha value is -0.860. The van der Waals surface area contributed by atoms with Gasteiger partial charge in [0.05, 0.1) is 18.4 Å². The number of sulfone groups is 1. The number of hydrogen-bond acceptors (Lipinski definition) is 7. The molecule has 3 N–H and O–H groups in total. The molecule has 108 valence electrons. The van der Waals surface area contributed by atoms with Gasteiger partial charge >= 0.3 is 0 Å². The van der Waals surface area contributed by atoms with Crippen LogP contribution in [0.2, 0.25) is 0 Å². The molecule has 0 bridgehead atoms. The highest BCUT2D eigenvalue weighted by Crippen LogP contribution is 2.38. The number of hydrogen-bond donors (Lipinski definition) is 2. The number of anilines is 2. The topological polar surface area (TPSA) is 96.5 Å². The summed E-state index contributed by atoms with van der Waals surface area (Å²) in [5.74, 6) is 0.0735. The van der Waals surface area contributed by atoms with Crippen molar-refractivity contribution in [2.45, 2.75) is 37.1 Å². The molecule has 1 aromatic rings. The van der Waals surface area contributed by atoms with Gasteiger partial charge in [0.1, 0.15) is 9.90 Å². The number of nitrogen functional groups attached to an aromatic ring is 1. The zero-order valence-electron chi connectivity index (χ0n) is 10.9. The van der Waals surface area contributed by atoms with E-state index in [0.29, 0.717) is 5.00 Å². The Morgan fingerprint density at radius 1 is 1.53 bits per heavy atom. The predicted molar refractivity (Wildman–Crippen MR) is 76.3 cm³/mol. The Morgan fingerprint density at radius 3 is 2.89 bits per heavy atom. The van der Waals surface area contributed by atoms with E-state index in [0.717, 1.165) is 37.3 Å². The molecule has 1 unspecified atom stereocenters. The van der Waals surface area contributed by atoms with Gasteiger partial charge < -0.3 is 15.7 Å². The average molecular weight is 305 g/mol. The largest absolute Gasteiger partial charge is 0.394 e. The summed E-state index contributed by atoms with van der Waals surface area (Å²) in [7, 11) is -3.40. The first-order chi connectivity index (χ1) is 9.01. The van der Waals surface area contributed by atoms with Crippen molar-refractivity contribution in [3.05, 3.63) is 0 Å². The van der Waals surface area contributed by atoms with Crippen molar-refractivity contribution in [2.75, 3.05) is 29.5 Å². The number of aliphatic hydroxyl groups excluding tert-OH is 1. The Morgan fingerprint density at radius 2 is 2.26 bits per heavy atom. The maximum atomic E-state index is 12.1. The summed E-state index contributed by atoms with van der Waals surface area (Å²) < 4.78 is 28.3. The van der Waals surface area contributed by atoms with Crippen molar-refractivity contribution in [1.82, 2.24) is 4.37 Å². The van der Waals surface area contributed by atoms with Crippen molar-refractivity contribution < 1.29 is 13.5 Å². The number of nitrogens with zero attached hydrogens (tertiary/aromatic N) is 2. The van der Waals surface area contributed by atoms with Crippen LogP contribution in [0.3, 0.4) is 0 Å². The van der Waals surface area contributed by atoms with Crippen LogP contribution in [-0.4, -0.2) is 42.8 Å². The monoisotopic (exact) mass is 305 g/mol. The van der Waals surface area contributed by atoms with Crippen LogP contribution in [0.5, 0.6) is 0 Å². The molecule has 2 heterocycles. The molecule has 1 aromatic heterocycles. The van der Waals surface area contributed by atoms with Gasteiger partial charge in [-0.25, -0.2) is 8.42 Å². The molecule has 1 aliphatic heterocycles.